The third-order valence-corrected chi connectivity index (χ3v) is 6.95. The van der Waals surface area contributed by atoms with Crippen LogP contribution in [-0.2, 0) is 4.79 Å². The van der Waals surface area contributed by atoms with Crippen LogP contribution >= 0.6 is 67.8 Å². The highest BCUT2D eigenvalue weighted by Gasteiger charge is 2.29. The van der Waals surface area contributed by atoms with Crippen molar-refractivity contribution in [2.75, 3.05) is 13.1 Å². The molecule has 1 fully saturated rings. The second-order valence-electron chi connectivity index (χ2n) is 4.68. The summed E-state index contributed by atoms with van der Waals surface area (Å²) < 4.78 is 3.00. The Hall–Kier alpha value is 0.350. The first-order valence-corrected chi connectivity index (χ1v) is 9.30. The number of halogens is 3. The van der Waals surface area contributed by atoms with Gasteiger partial charge in [-0.25, -0.2) is 0 Å². The number of carboxylic acids is 1. The van der Waals surface area contributed by atoms with Gasteiger partial charge in [0.25, 0.3) is 5.91 Å². The van der Waals surface area contributed by atoms with E-state index in [9.17, 15) is 9.59 Å². The van der Waals surface area contributed by atoms with E-state index in [-0.39, 0.29) is 5.91 Å². The summed E-state index contributed by atoms with van der Waals surface area (Å²) in [5, 5.41) is 9.11. The summed E-state index contributed by atoms with van der Waals surface area (Å²) in [5.41, 5.74) is 0.674. The molecule has 108 valence electrons. The van der Waals surface area contributed by atoms with Crippen molar-refractivity contribution in [2.45, 2.75) is 12.8 Å². The Morgan fingerprint density at radius 3 is 2.60 bits per heavy atom. The molecule has 1 atom stereocenters. The van der Waals surface area contributed by atoms with Crippen molar-refractivity contribution in [3.8, 4) is 0 Å². The van der Waals surface area contributed by atoms with Crippen LogP contribution in [0.15, 0.2) is 12.1 Å². The highest BCUT2D eigenvalue weighted by atomic mass is 127. The average Bonchev–Trinajstić information content (AvgIpc) is 2.42. The highest BCUT2D eigenvalue weighted by molar-refractivity contribution is 14.1. The first-order chi connectivity index (χ1) is 9.40. The van der Waals surface area contributed by atoms with Crippen molar-refractivity contribution >= 4 is 79.6 Å². The van der Waals surface area contributed by atoms with Gasteiger partial charge in [0.15, 0.2) is 0 Å². The summed E-state index contributed by atoms with van der Waals surface area (Å²) in [6, 6.07) is 3.90. The topological polar surface area (TPSA) is 57.6 Å². The van der Waals surface area contributed by atoms with Gasteiger partial charge in [-0.15, -0.1) is 0 Å². The van der Waals surface area contributed by atoms with Gasteiger partial charge in [-0.05, 0) is 92.7 Å². The molecular formula is C13H12I3NO3. The minimum Gasteiger partial charge on any atom is -0.481 e. The Balaban J connectivity index is 2.25. The summed E-state index contributed by atoms with van der Waals surface area (Å²) in [6.07, 6.45) is 1.40. The molecule has 1 aliphatic rings. The van der Waals surface area contributed by atoms with E-state index >= 15 is 0 Å². The van der Waals surface area contributed by atoms with Gasteiger partial charge in [-0.3, -0.25) is 9.59 Å². The monoisotopic (exact) mass is 611 g/mol. The van der Waals surface area contributed by atoms with E-state index in [2.05, 4.69) is 67.8 Å². The molecule has 0 aromatic heterocycles. The summed E-state index contributed by atoms with van der Waals surface area (Å²) in [7, 11) is 0. The van der Waals surface area contributed by atoms with E-state index in [1.807, 2.05) is 12.1 Å². The summed E-state index contributed by atoms with van der Waals surface area (Å²) in [4.78, 5) is 25.4. The number of hydrogen-bond acceptors (Lipinski definition) is 2. The van der Waals surface area contributed by atoms with Crippen molar-refractivity contribution in [3.63, 3.8) is 0 Å². The number of likely N-dealkylation sites (tertiary alicyclic amines) is 1. The van der Waals surface area contributed by atoms with Crippen LogP contribution in [-0.4, -0.2) is 35.0 Å². The molecule has 1 amide bonds. The van der Waals surface area contributed by atoms with Gasteiger partial charge in [0, 0.05) is 23.8 Å². The molecule has 1 aliphatic heterocycles. The molecule has 0 spiro atoms. The predicted octanol–water partition coefficient (Wildman–Crippen LogP) is 3.44. The number of piperidine rings is 1. The van der Waals surface area contributed by atoms with E-state index < -0.39 is 11.9 Å². The molecule has 1 heterocycles. The highest BCUT2D eigenvalue weighted by Crippen LogP contribution is 2.26. The molecule has 0 radical (unpaired) electrons. The lowest BCUT2D eigenvalue weighted by Gasteiger charge is -2.31. The molecule has 7 heteroatoms. The molecule has 0 aliphatic carbocycles. The molecule has 4 nitrogen and oxygen atoms in total. The van der Waals surface area contributed by atoms with Crippen molar-refractivity contribution in [1.29, 1.82) is 0 Å². The van der Waals surface area contributed by atoms with Crippen LogP contribution in [0.5, 0.6) is 0 Å². The molecule has 2 rings (SSSR count). The number of carbonyl (C=O) groups is 2. The molecular weight excluding hydrogens is 599 g/mol. The van der Waals surface area contributed by atoms with Crippen LogP contribution in [0.3, 0.4) is 0 Å². The Morgan fingerprint density at radius 2 is 1.95 bits per heavy atom. The molecule has 1 aromatic rings. The van der Waals surface area contributed by atoms with Gasteiger partial charge in [-0.2, -0.15) is 0 Å². The number of aliphatic carboxylic acids is 1. The van der Waals surface area contributed by atoms with Gasteiger partial charge in [0.05, 0.1) is 11.5 Å². The largest absolute Gasteiger partial charge is 0.481 e. The van der Waals surface area contributed by atoms with E-state index in [1.54, 1.807) is 4.90 Å². The minimum absolute atomic E-state index is 0.0585. The lowest BCUT2D eigenvalue weighted by atomic mass is 9.97. The van der Waals surface area contributed by atoms with Crippen molar-refractivity contribution in [3.05, 3.63) is 28.4 Å². The van der Waals surface area contributed by atoms with Crippen LogP contribution in [0.2, 0.25) is 0 Å². The quantitative estimate of drug-likeness (QED) is 0.413. The zero-order valence-electron chi connectivity index (χ0n) is 10.4. The maximum absolute atomic E-state index is 12.6. The summed E-state index contributed by atoms with van der Waals surface area (Å²) in [5.74, 6) is -1.31. The molecule has 0 bridgehead atoms. The first-order valence-electron chi connectivity index (χ1n) is 6.06. The SMILES string of the molecule is O=C(O)[C@@H]1CCCN(C(=O)c2cc(I)cc(I)c2I)C1. The van der Waals surface area contributed by atoms with E-state index in [1.165, 1.54) is 0 Å². The number of rotatable bonds is 2. The molecule has 1 aromatic carbocycles. The zero-order chi connectivity index (χ0) is 14.9. The van der Waals surface area contributed by atoms with Gasteiger partial charge in [-0.1, -0.05) is 0 Å². The molecule has 0 saturated carbocycles. The number of amides is 1. The number of carboxylic acid groups (broad SMARTS) is 1. The van der Waals surface area contributed by atoms with E-state index in [4.69, 9.17) is 5.11 Å². The van der Waals surface area contributed by atoms with Gasteiger partial charge in [0.1, 0.15) is 0 Å². The van der Waals surface area contributed by atoms with Crippen LogP contribution < -0.4 is 0 Å². The molecule has 20 heavy (non-hydrogen) atoms. The predicted molar refractivity (Wildman–Crippen MR) is 101 cm³/mol. The van der Waals surface area contributed by atoms with Gasteiger partial charge in [0.2, 0.25) is 0 Å². The average molecular weight is 611 g/mol. The van der Waals surface area contributed by atoms with Crippen molar-refractivity contribution in [2.24, 2.45) is 5.92 Å². The maximum Gasteiger partial charge on any atom is 0.308 e. The zero-order valence-corrected chi connectivity index (χ0v) is 16.9. The Kier molecular flexibility index (Phi) is 5.91. The first kappa shape index (κ1) is 16.7. The Labute approximate surface area is 158 Å². The standard InChI is InChI=1S/C13H12I3NO3/c14-8-4-9(11(16)10(15)5-8)12(18)17-3-1-2-7(6-17)13(19)20/h4-5,7H,1-3,6H2,(H,19,20)/t7-/m1/s1. The van der Waals surface area contributed by atoms with Crippen LogP contribution in [0.4, 0.5) is 0 Å². The third kappa shape index (κ3) is 3.76. The van der Waals surface area contributed by atoms with Gasteiger partial charge < -0.3 is 10.0 Å². The van der Waals surface area contributed by atoms with E-state index in [0.717, 1.165) is 17.1 Å². The molecule has 1 N–H and O–H groups in total. The number of hydrogen-bond donors (Lipinski definition) is 1. The van der Waals surface area contributed by atoms with Crippen LogP contribution in [0, 0.1) is 16.6 Å². The maximum atomic E-state index is 12.6. The van der Waals surface area contributed by atoms with Crippen molar-refractivity contribution in [1.82, 2.24) is 4.90 Å². The fraction of sp³-hybridized carbons (Fsp3) is 0.385. The lowest BCUT2D eigenvalue weighted by Crippen LogP contribution is -2.42. The Morgan fingerprint density at radius 1 is 1.25 bits per heavy atom. The fourth-order valence-corrected chi connectivity index (χ4v) is 4.63. The molecule has 0 unspecified atom stereocenters. The summed E-state index contributed by atoms with van der Waals surface area (Å²) in [6.45, 7) is 0.951. The Bertz CT molecular complexity index is 562. The second-order valence-corrected chi connectivity index (χ2v) is 8.16. The van der Waals surface area contributed by atoms with Crippen molar-refractivity contribution < 1.29 is 14.7 Å². The third-order valence-electron chi connectivity index (χ3n) is 3.28. The summed E-state index contributed by atoms with van der Waals surface area (Å²) >= 11 is 6.59. The van der Waals surface area contributed by atoms with Crippen LogP contribution in [0.1, 0.15) is 23.2 Å². The minimum atomic E-state index is -0.811. The van der Waals surface area contributed by atoms with E-state index in [0.29, 0.717) is 25.1 Å². The second kappa shape index (κ2) is 7.07. The number of nitrogens with zero attached hydrogens (tertiary/aromatic N) is 1. The normalized spacial score (nSPS) is 18.9. The lowest BCUT2D eigenvalue weighted by molar-refractivity contribution is -0.143. The number of carbonyl (C=O) groups excluding carboxylic acids is 1. The smallest absolute Gasteiger partial charge is 0.308 e. The number of benzene rings is 1. The molecule has 1 saturated heterocycles. The fourth-order valence-electron chi connectivity index (χ4n) is 2.25. The van der Waals surface area contributed by atoms with Gasteiger partial charge >= 0.3 is 5.97 Å². The van der Waals surface area contributed by atoms with Crippen LogP contribution in [0.25, 0.3) is 0 Å².